The topological polar surface area (TPSA) is 105 Å². The van der Waals surface area contributed by atoms with Gasteiger partial charge in [-0.15, -0.1) is 0 Å². The van der Waals surface area contributed by atoms with E-state index in [1.807, 2.05) is 0 Å². The van der Waals surface area contributed by atoms with Gasteiger partial charge in [-0.25, -0.2) is 4.79 Å². The van der Waals surface area contributed by atoms with Crippen molar-refractivity contribution in [3.63, 3.8) is 0 Å². The maximum absolute atomic E-state index is 12.3. The lowest BCUT2D eigenvalue weighted by atomic mass is 9.96. The smallest absolute Gasteiger partial charge is 0.407 e. The number of fused-ring (bicyclic) bond motifs is 1. The predicted octanol–water partition coefficient (Wildman–Crippen LogP) is 2.44. The number of nitrogens with one attached hydrogen (secondary N) is 3. The zero-order valence-corrected chi connectivity index (χ0v) is 17.5. The first-order valence-corrected chi connectivity index (χ1v) is 10.8. The van der Waals surface area contributed by atoms with Crippen molar-refractivity contribution in [3.8, 4) is 6.07 Å². The maximum Gasteiger partial charge on any atom is 0.407 e. The highest BCUT2D eigenvalue weighted by molar-refractivity contribution is 7.80. The van der Waals surface area contributed by atoms with E-state index >= 15 is 0 Å². The van der Waals surface area contributed by atoms with Crippen LogP contribution in [-0.4, -0.2) is 54.8 Å². The van der Waals surface area contributed by atoms with Gasteiger partial charge in [0, 0.05) is 11.7 Å². The molecule has 9 heteroatoms. The van der Waals surface area contributed by atoms with Gasteiger partial charge in [-0.2, -0.15) is 5.26 Å². The summed E-state index contributed by atoms with van der Waals surface area (Å²) in [6, 6.07) is 9.18. The summed E-state index contributed by atoms with van der Waals surface area (Å²) in [6.45, 7) is 0.718. The van der Waals surface area contributed by atoms with E-state index in [-0.39, 0.29) is 24.3 Å². The van der Waals surface area contributed by atoms with Gasteiger partial charge < -0.3 is 30.2 Å². The lowest BCUT2D eigenvalue weighted by molar-refractivity contribution is 0.00277. The molecule has 2 heterocycles. The van der Waals surface area contributed by atoms with Gasteiger partial charge >= 0.3 is 6.09 Å². The van der Waals surface area contributed by atoms with Crippen LogP contribution in [0.15, 0.2) is 24.3 Å². The van der Waals surface area contributed by atoms with Crippen LogP contribution in [0.5, 0.6) is 0 Å². The summed E-state index contributed by atoms with van der Waals surface area (Å²) in [5.74, 6) is 0. The minimum Gasteiger partial charge on any atom is -0.441 e. The number of nitrogens with zero attached hydrogens (tertiary/aromatic N) is 1. The van der Waals surface area contributed by atoms with Crippen LogP contribution in [-0.2, 0) is 14.2 Å². The van der Waals surface area contributed by atoms with Crippen molar-refractivity contribution < 1.29 is 19.0 Å². The molecule has 3 N–H and O–H groups in total. The van der Waals surface area contributed by atoms with Crippen LogP contribution >= 0.6 is 12.2 Å². The lowest BCUT2D eigenvalue weighted by Crippen LogP contribution is -2.46. The van der Waals surface area contributed by atoms with Crippen LogP contribution in [0.25, 0.3) is 0 Å². The third kappa shape index (κ3) is 5.01. The van der Waals surface area contributed by atoms with Crippen molar-refractivity contribution in [2.24, 2.45) is 0 Å². The highest BCUT2D eigenvalue weighted by atomic mass is 32.1. The minimum absolute atomic E-state index is 0.136. The summed E-state index contributed by atoms with van der Waals surface area (Å²) in [4.78, 5) is 12.3. The molecule has 0 spiro atoms. The largest absolute Gasteiger partial charge is 0.441 e. The molecular formula is C21H26N4O4S. The van der Waals surface area contributed by atoms with Gasteiger partial charge in [0.15, 0.2) is 11.2 Å². The number of benzene rings is 1. The number of nitriles is 1. The summed E-state index contributed by atoms with van der Waals surface area (Å²) in [5.41, 5.74) is 1.37. The zero-order valence-electron chi connectivity index (χ0n) is 16.6. The molecule has 30 heavy (non-hydrogen) atoms. The van der Waals surface area contributed by atoms with Crippen molar-refractivity contribution >= 4 is 29.1 Å². The molecule has 4 atom stereocenters. The van der Waals surface area contributed by atoms with Crippen LogP contribution in [0.3, 0.4) is 0 Å². The third-order valence-electron chi connectivity index (χ3n) is 5.78. The number of alkyl carbamates (subject to hydrolysis) is 1. The van der Waals surface area contributed by atoms with Crippen LogP contribution in [0.1, 0.15) is 37.7 Å². The van der Waals surface area contributed by atoms with E-state index < -0.39 is 12.2 Å². The molecule has 0 radical (unpaired) electrons. The summed E-state index contributed by atoms with van der Waals surface area (Å²) in [5, 5.41) is 18.6. The van der Waals surface area contributed by atoms with Crippen LogP contribution in [0, 0.1) is 11.3 Å². The normalized spacial score (nSPS) is 28.2. The number of carbonyl (C=O) groups is 1. The molecule has 1 aliphatic carbocycles. The molecule has 1 amide bonds. The molecule has 1 saturated carbocycles. The number of ether oxygens (including phenoxy) is 3. The van der Waals surface area contributed by atoms with Gasteiger partial charge in [-0.3, -0.25) is 0 Å². The molecule has 2 aliphatic heterocycles. The Labute approximate surface area is 181 Å². The maximum atomic E-state index is 12.3. The van der Waals surface area contributed by atoms with E-state index in [9.17, 15) is 4.79 Å². The summed E-state index contributed by atoms with van der Waals surface area (Å²) >= 11 is 5.39. The zero-order chi connectivity index (χ0) is 20.9. The summed E-state index contributed by atoms with van der Waals surface area (Å²) < 4.78 is 17.3. The highest BCUT2D eigenvalue weighted by Gasteiger charge is 2.49. The van der Waals surface area contributed by atoms with Gasteiger partial charge in [0.2, 0.25) is 0 Å². The number of amides is 1. The second kappa shape index (κ2) is 9.60. The average molecular weight is 431 g/mol. The Balaban J connectivity index is 1.24. The van der Waals surface area contributed by atoms with E-state index in [1.165, 1.54) is 6.42 Å². The fraction of sp³-hybridized carbons (Fsp3) is 0.571. The number of carbonyl (C=O) groups excluding carboxylic acids is 1. The van der Waals surface area contributed by atoms with Crippen molar-refractivity contribution in [1.29, 1.82) is 5.26 Å². The molecule has 3 aliphatic rings. The van der Waals surface area contributed by atoms with Crippen LogP contribution in [0.4, 0.5) is 10.5 Å². The molecule has 3 fully saturated rings. The Morgan fingerprint density at radius 3 is 2.53 bits per heavy atom. The lowest BCUT2D eigenvalue weighted by Gasteiger charge is -2.24. The Kier molecular flexibility index (Phi) is 6.67. The highest BCUT2D eigenvalue weighted by Crippen LogP contribution is 2.29. The Bertz CT molecular complexity index is 806. The SMILES string of the molecule is N#Cc1ccc(NC(=S)NC2COC3C(OC(=O)NC4CCCCC4)COC23)cc1. The standard InChI is InChI=1S/C21H26N4O4S/c22-10-13-6-8-15(9-7-13)23-20(30)25-16-11-27-19-17(12-28-18(16)19)29-21(26)24-14-4-2-1-3-5-14/h6-9,14,16-19H,1-5,11-12H2,(H,24,26)(H2,23,25,30). The molecule has 2 saturated heterocycles. The van der Waals surface area contributed by atoms with E-state index in [0.29, 0.717) is 23.9 Å². The molecule has 0 bridgehead atoms. The van der Waals surface area contributed by atoms with Crippen LogP contribution < -0.4 is 16.0 Å². The monoisotopic (exact) mass is 430 g/mol. The van der Waals surface area contributed by atoms with E-state index in [0.717, 1.165) is 31.4 Å². The second-order valence-corrected chi connectivity index (χ2v) is 8.32. The number of hydrogen-bond acceptors (Lipinski definition) is 6. The third-order valence-corrected chi connectivity index (χ3v) is 6.00. The molecule has 160 valence electrons. The van der Waals surface area contributed by atoms with Crippen molar-refractivity contribution in [1.82, 2.24) is 10.6 Å². The van der Waals surface area contributed by atoms with Crippen molar-refractivity contribution in [2.75, 3.05) is 18.5 Å². The Hall–Kier alpha value is -2.41. The molecule has 1 aromatic rings. The van der Waals surface area contributed by atoms with Gasteiger partial charge in [-0.1, -0.05) is 19.3 Å². The van der Waals surface area contributed by atoms with Crippen molar-refractivity contribution in [3.05, 3.63) is 29.8 Å². The van der Waals surface area contributed by atoms with Gasteiger partial charge in [0.05, 0.1) is 30.9 Å². The number of rotatable bonds is 4. The first kappa shape index (κ1) is 20.8. The number of thiocarbonyl (C=S) groups is 1. The van der Waals surface area contributed by atoms with E-state index in [4.69, 9.17) is 31.7 Å². The molecule has 4 unspecified atom stereocenters. The van der Waals surface area contributed by atoms with Gasteiger partial charge in [0.1, 0.15) is 12.2 Å². The van der Waals surface area contributed by atoms with Crippen molar-refractivity contribution in [2.45, 2.75) is 62.5 Å². The Morgan fingerprint density at radius 2 is 1.80 bits per heavy atom. The first-order chi connectivity index (χ1) is 14.6. The number of hydrogen-bond donors (Lipinski definition) is 3. The minimum atomic E-state index is -0.426. The molecule has 4 rings (SSSR count). The summed E-state index contributed by atoms with van der Waals surface area (Å²) in [7, 11) is 0. The average Bonchev–Trinajstić information content (AvgIpc) is 3.33. The Morgan fingerprint density at radius 1 is 1.07 bits per heavy atom. The molecule has 1 aromatic carbocycles. The fourth-order valence-electron chi connectivity index (χ4n) is 4.24. The fourth-order valence-corrected chi connectivity index (χ4v) is 4.51. The predicted molar refractivity (Wildman–Crippen MR) is 114 cm³/mol. The van der Waals surface area contributed by atoms with E-state index in [2.05, 4.69) is 22.0 Å². The molecule has 0 aromatic heterocycles. The van der Waals surface area contributed by atoms with Crippen LogP contribution in [0.2, 0.25) is 0 Å². The molecule has 8 nitrogen and oxygen atoms in total. The molecular weight excluding hydrogens is 404 g/mol. The quantitative estimate of drug-likeness (QED) is 0.626. The number of anilines is 1. The van der Waals surface area contributed by atoms with E-state index in [1.54, 1.807) is 24.3 Å². The van der Waals surface area contributed by atoms with Gasteiger partial charge in [-0.05, 0) is 49.3 Å². The van der Waals surface area contributed by atoms with Gasteiger partial charge in [0.25, 0.3) is 0 Å². The summed E-state index contributed by atoms with van der Waals surface area (Å²) in [6.07, 6.45) is 4.18. The first-order valence-electron chi connectivity index (χ1n) is 10.4. The second-order valence-electron chi connectivity index (χ2n) is 7.91.